The molecule has 0 saturated heterocycles. The molecule has 0 aliphatic carbocycles. The van der Waals surface area contributed by atoms with Gasteiger partial charge in [0.25, 0.3) is 0 Å². The number of amides is 1. The first-order valence-electron chi connectivity index (χ1n) is 10.4. The Kier molecular flexibility index (Phi) is 8.54. The first-order chi connectivity index (χ1) is 16.9. The van der Waals surface area contributed by atoms with Crippen molar-refractivity contribution in [2.45, 2.75) is 25.6 Å². The predicted molar refractivity (Wildman–Crippen MR) is 128 cm³/mol. The average Bonchev–Trinajstić information content (AvgIpc) is 2.82. The minimum Gasteiger partial charge on any atom is -0.755 e. The second-order valence-electron chi connectivity index (χ2n) is 7.70. The van der Waals surface area contributed by atoms with E-state index in [4.69, 9.17) is 11.6 Å². The zero-order valence-electron chi connectivity index (χ0n) is 18.9. The first-order valence-corrected chi connectivity index (χ1v) is 11.8. The molecular weight excluding hydrogens is 524 g/mol. The molecule has 13 heteroatoms. The van der Waals surface area contributed by atoms with Crippen LogP contribution in [0.25, 0.3) is 0 Å². The summed E-state index contributed by atoms with van der Waals surface area (Å²) in [7, 11) is 1.17. The number of benzene rings is 2. The highest BCUT2D eigenvalue weighted by Gasteiger charge is 2.33. The molecule has 0 aliphatic heterocycles. The Bertz CT molecular complexity index is 1280. The summed E-state index contributed by atoms with van der Waals surface area (Å²) >= 11 is 3.18. The van der Waals surface area contributed by atoms with Crippen molar-refractivity contribution in [3.05, 3.63) is 82.3 Å². The van der Waals surface area contributed by atoms with Crippen molar-refractivity contribution < 1.29 is 31.1 Å². The van der Waals surface area contributed by atoms with Gasteiger partial charge in [0.05, 0.1) is 11.6 Å². The Hall–Kier alpha value is -3.22. The molecule has 3 rings (SSSR count). The lowest BCUT2D eigenvalue weighted by Gasteiger charge is -2.22. The van der Waals surface area contributed by atoms with Gasteiger partial charge in [0.1, 0.15) is 17.3 Å². The summed E-state index contributed by atoms with van der Waals surface area (Å²) in [6.07, 6.45) is -4.67. The van der Waals surface area contributed by atoms with Crippen LogP contribution in [0.1, 0.15) is 29.7 Å². The summed E-state index contributed by atoms with van der Waals surface area (Å²) in [4.78, 5) is 16.4. The number of rotatable bonds is 8. The zero-order valence-corrected chi connectivity index (χ0v) is 20.5. The van der Waals surface area contributed by atoms with Gasteiger partial charge in [-0.2, -0.15) is 13.2 Å². The molecule has 7 nitrogen and oxygen atoms in total. The number of alkyl halides is 3. The van der Waals surface area contributed by atoms with Crippen LogP contribution in [-0.2, 0) is 28.8 Å². The molecule has 0 aliphatic rings. The average molecular weight is 544 g/mol. The molecule has 2 unspecified atom stereocenters. The SMILES string of the molecule is CC(C(=O)NCc1ccc(C(F)(F)F)nc1Nc1ccc(Cl)cc1)c1ccc(N(C)S(=O)[O-])c(F)c1. The lowest BCUT2D eigenvalue weighted by Crippen LogP contribution is -2.28. The highest BCUT2D eigenvalue weighted by molar-refractivity contribution is 7.80. The lowest BCUT2D eigenvalue weighted by molar-refractivity contribution is -0.141. The quantitative estimate of drug-likeness (QED) is 0.297. The molecule has 2 aromatic carbocycles. The summed E-state index contributed by atoms with van der Waals surface area (Å²) in [5.74, 6) is -2.31. The van der Waals surface area contributed by atoms with Crippen molar-refractivity contribution in [3.8, 4) is 0 Å². The van der Waals surface area contributed by atoms with Gasteiger partial charge in [0.2, 0.25) is 5.91 Å². The van der Waals surface area contributed by atoms with Gasteiger partial charge in [-0.3, -0.25) is 9.00 Å². The Labute approximate surface area is 211 Å². The summed E-state index contributed by atoms with van der Waals surface area (Å²) in [5, 5.41) is 5.86. The Morgan fingerprint density at radius 3 is 2.42 bits per heavy atom. The Balaban J connectivity index is 1.78. The van der Waals surface area contributed by atoms with Crippen molar-refractivity contribution in [1.29, 1.82) is 0 Å². The van der Waals surface area contributed by atoms with Crippen LogP contribution in [0.15, 0.2) is 54.6 Å². The highest BCUT2D eigenvalue weighted by Crippen LogP contribution is 2.31. The first kappa shape index (κ1) is 27.4. The molecule has 192 valence electrons. The smallest absolute Gasteiger partial charge is 0.433 e. The van der Waals surface area contributed by atoms with E-state index < -0.39 is 40.8 Å². The van der Waals surface area contributed by atoms with E-state index in [1.807, 2.05) is 0 Å². The van der Waals surface area contributed by atoms with Crippen LogP contribution in [0.5, 0.6) is 0 Å². The van der Waals surface area contributed by atoms with Crippen LogP contribution in [0, 0.1) is 5.82 Å². The van der Waals surface area contributed by atoms with Crippen molar-refractivity contribution in [1.82, 2.24) is 10.3 Å². The van der Waals surface area contributed by atoms with E-state index >= 15 is 0 Å². The summed E-state index contributed by atoms with van der Waals surface area (Å²) in [5.41, 5.74) is -0.300. The fourth-order valence-electron chi connectivity index (χ4n) is 3.18. The number of carbonyl (C=O) groups is 1. The molecule has 2 N–H and O–H groups in total. The van der Waals surface area contributed by atoms with Gasteiger partial charge < -0.3 is 19.5 Å². The largest absolute Gasteiger partial charge is 0.755 e. The third-order valence-electron chi connectivity index (χ3n) is 5.26. The predicted octanol–water partition coefficient (Wildman–Crippen LogP) is 5.29. The van der Waals surface area contributed by atoms with Crippen molar-refractivity contribution in [2.75, 3.05) is 16.7 Å². The van der Waals surface area contributed by atoms with Crippen LogP contribution in [-0.4, -0.2) is 26.7 Å². The highest BCUT2D eigenvalue weighted by atomic mass is 35.5. The van der Waals surface area contributed by atoms with Crippen LogP contribution in [0.2, 0.25) is 5.02 Å². The van der Waals surface area contributed by atoms with E-state index in [-0.39, 0.29) is 29.2 Å². The van der Waals surface area contributed by atoms with E-state index in [0.29, 0.717) is 15.0 Å². The number of hydrogen-bond acceptors (Lipinski definition) is 5. The number of nitrogens with one attached hydrogen (secondary N) is 2. The van der Waals surface area contributed by atoms with E-state index in [9.17, 15) is 31.1 Å². The maximum absolute atomic E-state index is 14.4. The topological polar surface area (TPSA) is 97.4 Å². The molecule has 1 heterocycles. The van der Waals surface area contributed by atoms with Gasteiger partial charge >= 0.3 is 6.18 Å². The fraction of sp³-hybridized carbons (Fsp3) is 0.217. The second kappa shape index (κ2) is 11.2. The molecule has 0 fully saturated rings. The van der Waals surface area contributed by atoms with E-state index in [1.54, 1.807) is 24.3 Å². The van der Waals surface area contributed by atoms with Crippen LogP contribution < -0.4 is 14.9 Å². The zero-order chi connectivity index (χ0) is 26.6. The third-order valence-corrected chi connectivity index (χ3v) is 6.15. The minimum absolute atomic E-state index is 0.107. The van der Waals surface area contributed by atoms with Gasteiger partial charge in [-0.25, -0.2) is 9.37 Å². The molecule has 0 radical (unpaired) electrons. The van der Waals surface area contributed by atoms with Gasteiger partial charge in [0.15, 0.2) is 0 Å². The van der Waals surface area contributed by atoms with Crippen LogP contribution in [0.4, 0.5) is 34.8 Å². The van der Waals surface area contributed by atoms with Crippen molar-refractivity contribution in [2.24, 2.45) is 0 Å². The fourth-order valence-corrected chi connectivity index (χ4v) is 3.62. The van der Waals surface area contributed by atoms with Gasteiger partial charge in [-0.1, -0.05) is 23.7 Å². The van der Waals surface area contributed by atoms with E-state index in [0.717, 1.165) is 12.1 Å². The maximum Gasteiger partial charge on any atom is 0.433 e. The third kappa shape index (κ3) is 6.71. The number of aromatic nitrogens is 1. The molecule has 2 atom stereocenters. The van der Waals surface area contributed by atoms with Gasteiger partial charge in [-0.15, -0.1) is 0 Å². The van der Waals surface area contributed by atoms with Gasteiger partial charge in [-0.05, 0) is 55.0 Å². The summed E-state index contributed by atoms with van der Waals surface area (Å²) in [6, 6.07) is 11.9. The number of halogens is 5. The van der Waals surface area contributed by atoms with Crippen LogP contribution >= 0.6 is 11.6 Å². The second-order valence-corrected chi connectivity index (χ2v) is 9.12. The Morgan fingerprint density at radius 2 is 1.83 bits per heavy atom. The minimum atomic E-state index is -4.67. The normalized spacial score (nSPS) is 13.1. The summed E-state index contributed by atoms with van der Waals surface area (Å²) < 4.78 is 76.8. The van der Waals surface area contributed by atoms with Crippen LogP contribution in [0.3, 0.4) is 0 Å². The monoisotopic (exact) mass is 543 g/mol. The Morgan fingerprint density at radius 1 is 1.17 bits per heavy atom. The standard InChI is InChI=1S/C23H21ClF4N4O3S/c1-13(14-3-9-19(18(25)11-14)32(2)36(34)35)22(33)29-12-15-4-10-20(23(26,27)28)31-21(15)30-17-7-5-16(24)6-8-17/h3-11,13H,12H2,1-2H3,(H,29,33)(H,30,31)(H,34,35)/p-1. The molecule has 0 bridgehead atoms. The number of hydrogen-bond donors (Lipinski definition) is 2. The van der Waals surface area contributed by atoms with Gasteiger partial charge in [0, 0.05) is 41.1 Å². The molecule has 0 saturated carbocycles. The molecule has 0 spiro atoms. The number of pyridine rings is 1. The summed E-state index contributed by atoms with van der Waals surface area (Å²) in [6.45, 7) is 1.35. The molecule has 1 amide bonds. The molecular formula is C23H20ClF4N4O3S-. The molecule has 36 heavy (non-hydrogen) atoms. The maximum atomic E-state index is 14.4. The lowest BCUT2D eigenvalue weighted by atomic mass is 9.99. The van der Waals surface area contributed by atoms with Crippen molar-refractivity contribution in [3.63, 3.8) is 0 Å². The molecule has 3 aromatic rings. The molecule has 1 aromatic heterocycles. The van der Waals surface area contributed by atoms with Crippen molar-refractivity contribution >= 4 is 46.0 Å². The van der Waals surface area contributed by atoms with E-state index in [1.165, 1.54) is 32.2 Å². The van der Waals surface area contributed by atoms with E-state index in [2.05, 4.69) is 15.6 Å². The number of anilines is 3. The number of carbonyl (C=O) groups excluding carboxylic acids is 1. The number of nitrogens with zero attached hydrogens (tertiary/aromatic N) is 2.